The van der Waals surface area contributed by atoms with Gasteiger partial charge in [-0.15, -0.1) is 0 Å². The zero-order valence-corrected chi connectivity index (χ0v) is 15.0. The summed E-state index contributed by atoms with van der Waals surface area (Å²) in [6, 6.07) is 7.00. The SMILES string of the molecule is CCC(C)NC(=O)CCS(=O)(=O)c1ccc(C(C)(C)C)cc1. The molecule has 1 unspecified atom stereocenters. The van der Waals surface area contributed by atoms with Gasteiger partial charge in [0.15, 0.2) is 9.84 Å². The van der Waals surface area contributed by atoms with Gasteiger partial charge in [0.1, 0.15) is 0 Å². The van der Waals surface area contributed by atoms with Crippen molar-refractivity contribution in [1.82, 2.24) is 5.32 Å². The molecule has 1 aromatic rings. The smallest absolute Gasteiger partial charge is 0.221 e. The van der Waals surface area contributed by atoms with Crippen LogP contribution in [0, 0.1) is 0 Å². The number of rotatable bonds is 6. The van der Waals surface area contributed by atoms with Crippen LogP contribution in [0.4, 0.5) is 0 Å². The highest BCUT2D eigenvalue weighted by Gasteiger charge is 2.19. The fraction of sp³-hybridized carbons (Fsp3) is 0.588. The van der Waals surface area contributed by atoms with Crippen molar-refractivity contribution in [3.8, 4) is 0 Å². The monoisotopic (exact) mass is 325 g/mol. The number of nitrogens with one attached hydrogen (secondary N) is 1. The molecule has 0 aromatic heterocycles. The second-order valence-corrected chi connectivity index (χ2v) is 8.83. The molecule has 0 radical (unpaired) electrons. The molecule has 1 atom stereocenters. The normalized spacial score (nSPS) is 13.7. The topological polar surface area (TPSA) is 63.2 Å². The fourth-order valence-electron chi connectivity index (χ4n) is 1.96. The van der Waals surface area contributed by atoms with Crippen molar-refractivity contribution in [2.24, 2.45) is 0 Å². The summed E-state index contributed by atoms with van der Waals surface area (Å²) < 4.78 is 24.5. The highest BCUT2D eigenvalue weighted by Crippen LogP contribution is 2.23. The first-order chi connectivity index (χ1) is 10.1. The highest BCUT2D eigenvalue weighted by molar-refractivity contribution is 7.91. The first-order valence-corrected chi connectivity index (χ1v) is 9.34. The van der Waals surface area contributed by atoms with Crippen LogP contribution in [-0.4, -0.2) is 26.1 Å². The molecule has 0 fully saturated rings. The summed E-state index contributed by atoms with van der Waals surface area (Å²) in [5, 5.41) is 2.78. The van der Waals surface area contributed by atoms with Gasteiger partial charge in [0, 0.05) is 12.5 Å². The van der Waals surface area contributed by atoms with Crippen molar-refractivity contribution in [3.63, 3.8) is 0 Å². The molecule has 0 saturated heterocycles. The van der Waals surface area contributed by atoms with E-state index in [4.69, 9.17) is 0 Å². The fourth-order valence-corrected chi connectivity index (χ4v) is 3.20. The minimum atomic E-state index is -3.42. The molecule has 1 N–H and O–H groups in total. The Labute approximate surface area is 134 Å². The van der Waals surface area contributed by atoms with Crippen LogP contribution < -0.4 is 5.32 Å². The largest absolute Gasteiger partial charge is 0.354 e. The van der Waals surface area contributed by atoms with E-state index in [9.17, 15) is 13.2 Å². The molecule has 0 heterocycles. The molecule has 0 bridgehead atoms. The van der Waals surface area contributed by atoms with Crippen LogP contribution in [0.5, 0.6) is 0 Å². The Hall–Kier alpha value is -1.36. The number of sulfone groups is 1. The van der Waals surface area contributed by atoms with Gasteiger partial charge in [0.05, 0.1) is 10.6 Å². The van der Waals surface area contributed by atoms with E-state index in [1.165, 1.54) is 0 Å². The summed E-state index contributed by atoms with van der Waals surface area (Å²) in [4.78, 5) is 12.0. The van der Waals surface area contributed by atoms with E-state index in [0.29, 0.717) is 0 Å². The molecule has 124 valence electrons. The minimum absolute atomic E-state index is 0.00625. The number of hydrogen-bond acceptors (Lipinski definition) is 3. The molecule has 4 nitrogen and oxygen atoms in total. The van der Waals surface area contributed by atoms with Crippen LogP contribution in [0.25, 0.3) is 0 Å². The highest BCUT2D eigenvalue weighted by atomic mass is 32.2. The van der Waals surface area contributed by atoms with E-state index in [1.54, 1.807) is 12.1 Å². The Morgan fingerprint density at radius 3 is 2.18 bits per heavy atom. The zero-order valence-electron chi connectivity index (χ0n) is 14.1. The van der Waals surface area contributed by atoms with E-state index in [1.807, 2.05) is 26.0 Å². The van der Waals surface area contributed by atoms with Crippen LogP contribution in [-0.2, 0) is 20.0 Å². The molecule has 0 aliphatic heterocycles. The second kappa shape index (κ2) is 7.27. The predicted molar refractivity (Wildman–Crippen MR) is 89.7 cm³/mol. The van der Waals surface area contributed by atoms with Crippen molar-refractivity contribution < 1.29 is 13.2 Å². The summed E-state index contributed by atoms with van der Waals surface area (Å²) >= 11 is 0. The summed E-state index contributed by atoms with van der Waals surface area (Å²) in [5.74, 6) is -0.381. The lowest BCUT2D eigenvalue weighted by Crippen LogP contribution is -2.33. The van der Waals surface area contributed by atoms with E-state index in [0.717, 1.165) is 12.0 Å². The first kappa shape index (κ1) is 18.7. The van der Waals surface area contributed by atoms with Gasteiger partial charge in [-0.05, 0) is 36.5 Å². The standard InChI is InChI=1S/C17H27NO3S/c1-6-13(2)18-16(19)11-12-22(20,21)15-9-7-14(8-10-15)17(3,4)5/h7-10,13H,6,11-12H2,1-5H3,(H,18,19). The predicted octanol–water partition coefficient (Wildman–Crippen LogP) is 3.06. The number of carbonyl (C=O) groups is 1. The molecule has 5 heteroatoms. The van der Waals surface area contributed by atoms with Crippen LogP contribution in [0.3, 0.4) is 0 Å². The van der Waals surface area contributed by atoms with E-state index in [2.05, 4.69) is 26.1 Å². The Kier molecular flexibility index (Phi) is 6.17. The molecule has 1 amide bonds. The summed E-state index contributed by atoms with van der Waals surface area (Å²) in [6.07, 6.45) is 0.820. The molecule has 0 aliphatic rings. The van der Waals surface area contributed by atoms with Gasteiger partial charge in [-0.1, -0.05) is 39.8 Å². The summed E-state index contributed by atoms with van der Waals surface area (Å²) in [6.45, 7) is 10.1. The van der Waals surface area contributed by atoms with Gasteiger partial charge < -0.3 is 5.32 Å². The molecule has 0 spiro atoms. The summed E-state index contributed by atoms with van der Waals surface area (Å²) in [5.41, 5.74) is 1.07. The lowest BCUT2D eigenvalue weighted by atomic mass is 9.87. The van der Waals surface area contributed by atoms with E-state index < -0.39 is 9.84 Å². The molecule has 1 aromatic carbocycles. The molecule has 0 aliphatic carbocycles. The zero-order chi connectivity index (χ0) is 17.0. The number of amides is 1. The third kappa shape index (κ3) is 5.44. The van der Waals surface area contributed by atoms with Crippen molar-refractivity contribution in [1.29, 1.82) is 0 Å². The van der Waals surface area contributed by atoms with Crippen LogP contribution >= 0.6 is 0 Å². The summed E-state index contributed by atoms with van der Waals surface area (Å²) in [7, 11) is -3.42. The third-order valence-electron chi connectivity index (χ3n) is 3.70. The Balaban J connectivity index is 2.73. The molecular weight excluding hydrogens is 298 g/mol. The quantitative estimate of drug-likeness (QED) is 0.874. The first-order valence-electron chi connectivity index (χ1n) is 7.69. The van der Waals surface area contributed by atoms with Crippen molar-refractivity contribution in [3.05, 3.63) is 29.8 Å². The van der Waals surface area contributed by atoms with Gasteiger partial charge in [0.25, 0.3) is 0 Å². The maximum atomic E-state index is 12.3. The Morgan fingerprint density at radius 1 is 1.18 bits per heavy atom. The molecule has 1 rings (SSSR count). The van der Waals surface area contributed by atoms with Gasteiger partial charge in [-0.25, -0.2) is 8.42 Å². The molecule has 0 saturated carbocycles. The number of hydrogen-bond donors (Lipinski definition) is 1. The van der Waals surface area contributed by atoms with E-state index in [-0.39, 0.29) is 34.4 Å². The van der Waals surface area contributed by atoms with Crippen molar-refractivity contribution in [2.75, 3.05) is 5.75 Å². The number of benzene rings is 1. The average molecular weight is 325 g/mol. The van der Waals surface area contributed by atoms with Gasteiger partial charge in [-0.3, -0.25) is 4.79 Å². The van der Waals surface area contributed by atoms with Crippen molar-refractivity contribution >= 4 is 15.7 Å². The van der Waals surface area contributed by atoms with Crippen LogP contribution in [0.2, 0.25) is 0 Å². The van der Waals surface area contributed by atoms with Crippen molar-refractivity contribution in [2.45, 2.75) is 63.8 Å². The second-order valence-electron chi connectivity index (χ2n) is 6.72. The third-order valence-corrected chi connectivity index (χ3v) is 5.43. The van der Waals surface area contributed by atoms with Crippen LogP contribution in [0.15, 0.2) is 29.2 Å². The number of carbonyl (C=O) groups excluding carboxylic acids is 1. The van der Waals surface area contributed by atoms with Gasteiger partial charge >= 0.3 is 0 Å². The van der Waals surface area contributed by atoms with Gasteiger partial charge in [-0.2, -0.15) is 0 Å². The van der Waals surface area contributed by atoms with Crippen LogP contribution in [0.1, 0.15) is 53.0 Å². The minimum Gasteiger partial charge on any atom is -0.354 e. The average Bonchev–Trinajstić information content (AvgIpc) is 2.44. The molecule has 22 heavy (non-hydrogen) atoms. The lowest BCUT2D eigenvalue weighted by Gasteiger charge is -2.19. The Bertz CT molecular complexity index is 598. The maximum Gasteiger partial charge on any atom is 0.221 e. The Morgan fingerprint density at radius 2 is 1.73 bits per heavy atom. The maximum absolute atomic E-state index is 12.3. The molecular formula is C17H27NO3S. The van der Waals surface area contributed by atoms with E-state index >= 15 is 0 Å². The van der Waals surface area contributed by atoms with Gasteiger partial charge in [0.2, 0.25) is 5.91 Å². The lowest BCUT2D eigenvalue weighted by molar-refractivity contribution is -0.121.